The van der Waals surface area contributed by atoms with Gasteiger partial charge in [-0.1, -0.05) is 24.3 Å². The Kier molecular flexibility index (Phi) is 3.53. The van der Waals surface area contributed by atoms with Crippen LogP contribution in [0, 0.1) is 6.92 Å². The Hall–Kier alpha value is -1.99. The Morgan fingerprint density at radius 3 is 2.43 bits per heavy atom. The molecule has 0 saturated carbocycles. The van der Waals surface area contributed by atoms with Gasteiger partial charge >= 0.3 is 6.15 Å². The van der Waals surface area contributed by atoms with E-state index in [1.54, 1.807) is 0 Å². The van der Waals surface area contributed by atoms with Crippen molar-refractivity contribution in [1.29, 1.82) is 0 Å². The minimum atomic E-state index is 0.250. The molecular formula is C11H9NO2. The van der Waals surface area contributed by atoms with Crippen LogP contribution < -0.4 is 0 Å². The lowest BCUT2D eigenvalue weighted by molar-refractivity contribution is -0.191. The first-order chi connectivity index (χ1) is 6.77. The summed E-state index contributed by atoms with van der Waals surface area (Å²) in [4.78, 5) is 20.6. The van der Waals surface area contributed by atoms with Crippen molar-refractivity contribution in [1.82, 2.24) is 4.98 Å². The molecule has 0 unspecified atom stereocenters. The Morgan fingerprint density at radius 1 is 1.07 bits per heavy atom. The molecule has 0 saturated heterocycles. The van der Waals surface area contributed by atoms with Crippen molar-refractivity contribution in [3.63, 3.8) is 0 Å². The second-order valence-corrected chi connectivity index (χ2v) is 2.73. The minimum absolute atomic E-state index is 0.250. The molecule has 70 valence electrons. The number of hydrogen-bond donors (Lipinski definition) is 0. The summed E-state index contributed by atoms with van der Waals surface area (Å²) in [7, 11) is 0. The van der Waals surface area contributed by atoms with Gasteiger partial charge in [0.05, 0.1) is 5.52 Å². The number of nitrogens with zero attached hydrogens (tertiary/aromatic N) is 1. The molecule has 0 bridgehead atoms. The summed E-state index contributed by atoms with van der Waals surface area (Å²) in [5, 5.41) is 1.21. The van der Waals surface area contributed by atoms with Crippen LogP contribution in [0.2, 0.25) is 0 Å². The highest BCUT2D eigenvalue weighted by molar-refractivity contribution is 5.78. The number of aryl methyl sites for hydroxylation is 1. The molecule has 0 atom stereocenters. The SMILES string of the molecule is Cc1ccc2ccccc2n1.O=C=O. The van der Waals surface area contributed by atoms with Gasteiger partial charge in [-0.15, -0.1) is 0 Å². The highest BCUT2D eigenvalue weighted by Gasteiger charge is 1.90. The highest BCUT2D eigenvalue weighted by Crippen LogP contribution is 2.10. The number of hydrogen-bond acceptors (Lipinski definition) is 3. The van der Waals surface area contributed by atoms with Gasteiger partial charge in [-0.3, -0.25) is 4.98 Å². The fraction of sp³-hybridized carbons (Fsp3) is 0.0909. The second kappa shape index (κ2) is 4.90. The molecule has 2 aromatic rings. The molecule has 2 rings (SSSR count). The van der Waals surface area contributed by atoms with Gasteiger partial charge in [0.15, 0.2) is 0 Å². The Labute approximate surface area is 81.4 Å². The molecule has 0 aliphatic carbocycles. The number of rotatable bonds is 0. The number of pyridine rings is 1. The summed E-state index contributed by atoms with van der Waals surface area (Å²) >= 11 is 0. The summed E-state index contributed by atoms with van der Waals surface area (Å²) in [5.74, 6) is 0. The standard InChI is InChI=1S/C10H9N.CO2/c1-8-6-7-9-4-2-3-5-10(9)11-8;2-1-3/h2-7H,1H3;. The van der Waals surface area contributed by atoms with Crippen molar-refractivity contribution in [3.05, 3.63) is 42.1 Å². The molecule has 1 aromatic heterocycles. The fourth-order valence-electron chi connectivity index (χ4n) is 1.17. The molecule has 1 aromatic carbocycles. The average molecular weight is 187 g/mol. The first kappa shape index (κ1) is 10.1. The van der Waals surface area contributed by atoms with E-state index in [1.807, 2.05) is 31.2 Å². The van der Waals surface area contributed by atoms with Gasteiger partial charge in [-0.25, -0.2) is 0 Å². The molecular weight excluding hydrogens is 178 g/mol. The molecule has 0 N–H and O–H groups in total. The Morgan fingerprint density at radius 2 is 1.71 bits per heavy atom. The van der Waals surface area contributed by atoms with E-state index < -0.39 is 0 Å². The van der Waals surface area contributed by atoms with E-state index in [0.717, 1.165) is 11.2 Å². The van der Waals surface area contributed by atoms with Gasteiger partial charge in [0.2, 0.25) is 0 Å². The van der Waals surface area contributed by atoms with Gasteiger partial charge in [-0.2, -0.15) is 9.59 Å². The normalized spacial score (nSPS) is 8.64. The number of fused-ring (bicyclic) bond motifs is 1. The second-order valence-electron chi connectivity index (χ2n) is 2.73. The van der Waals surface area contributed by atoms with E-state index in [0.29, 0.717) is 0 Å². The Balaban J connectivity index is 0.000000293. The first-order valence-electron chi connectivity index (χ1n) is 4.09. The first-order valence-corrected chi connectivity index (χ1v) is 4.09. The van der Waals surface area contributed by atoms with Gasteiger partial charge in [0.25, 0.3) is 0 Å². The zero-order valence-corrected chi connectivity index (χ0v) is 7.73. The van der Waals surface area contributed by atoms with E-state index in [9.17, 15) is 0 Å². The maximum atomic E-state index is 8.12. The highest BCUT2D eigenvalue weighted by atomic mass is 16.2. The molecule has 0 amide bonds. The number of carbonyl (C=O) groups excluding carboxylic acids is 2. The van der Waals surface area contributed by atoms with Crippen LogP contribution in [0.3, 0.4) is 0 Å². The molecule has 14 heavy (non-hydrogen) atoms. The van der Waals surface area contributed by atoms with Gasteiger partial charge in [-0.05, 0) is 19.1 Å². The predicted octanol–water partition coefficient (Wildman–Crippen LogP) is 1.96. The minimum Gasteiger partial charge on any atom is -0.253 e. The number of aromatic nitrogens is 1. The van der Waals surface area contributed by atoms with Crippen LogP contribution in [0.5, 0.6) is 0 Å². The lowest BCUT2D eigenvalue weighted by Crippen LogP contribution is -1.80. The van der Waals surface area contributed by atoms with Crippen LogP contribution in [-0.2, 0) is 9.59 Å². The summed E-state index contributed by atoms with van der Waals surface area (Å²) in [6.07, 6.45) is 0.250. The van der Waals surface area contributed by atoms with E-state index in [1.165, 1.54) is 5.39 Å². The third-order valence-electron chi connectivity index (χ3n) is 1.74. The fourth-order valence-corrected chi connectivity index (χ4v) is 1.17. The molecule has 1 heterocycles. The van der Waals surface area contributed by atoms with Crippen molar-refractivity contribution < 1.29 is 9.59 Å². The third kappa shape index (κ3) is 2.51. The summed E-state index contributed by atoms with van der Waals surface area (Å²) in [6, 6.07) is 12.3. The van der Waals surface area contributed by atoms with E-state index in [4.69, 9.17) is 9.59 Å². The van der Waals surface area contributed by atoms with Crippen LogP contribution in [0.15, 0.2) is 36.4 Å². The van der Waals surface area contributed by atoms with Crippen molar-refractivity contribution in [2.75, 3.05) is 0 Å². The third-order valence-corrected chi connectivity index (χ3v) is 1.74. The summed E-state index contributed by atoms with van der Waals surface area (Å²) in [6.45, 7) is 2.01. The average Bonchev–Trinajstić information content (AvgIpc) is 2.19. The zero-order valence-electron chi connectivity index (χ0n) is 7.73. The molecule has 0 radical (unpaired) electrons. The monoisotopic (exact) mass is 187 g/mol. The molecule has 3 nitrogen and oxygen atoms in total. The molecule has 0 aliphatic heterocycles. The maximum absolute atomic E-state index is 8.12. The zero-order chi connectivity index (χ0) is 10.4. The van der Waals surface area contributed by atoms with Crippen LogP contribution in [0.4, 0.5) is 0 Å². The molecule has 0 fully saturated rings. The van der Waals surface area contributed by atoms with Crippen LogP contribution in [-0.4, -0.2) is 11.1 Å². The van der Waals surface area contributed by atoms with Gasteiger partial charge < -0.3 is 0 Å². The topological polar surface area (TPSA) is 47.0 Å². The maximum Gasteiger partial charge on any atom is 0.373 e. The van der Waals surface area contributed by atoms with Gasteiger partial charge in [0.1, 0.15) is 0 Å². The number of benzene rings is 1. The molecule has 0 aliphatic rings. The lowest BCUT2D eigenvalue weighted by Gasteiger charge is -1.95. The van der Waals surface area contributed by atoms with Crippen molar-refractivity contribution in [3.8, 4) is 0 Å². The molecule has 3 heteroatoms. The van der Waals surface area contributed by atoms with E-state index in [2.05, 4.69) is 17.1 Å². The Bertz CT molecular complexity index is 460. The summed E-state index contributed by atoms with van der Waals surface area (Å²) in [5.41, 5.74) is 2.15. The lowest BCUT2D eigenvalue weighted by atomic mass is 10.2. The quantitative estimate of drug-likeness (QED) is 0.633. The summed E-state index contributed by atoms with van der Waals surface area (Å²) < 4.78 is 0. The van der Waals surface area contributed by atoms with Crippen LogP contribution in [0.25, 0.3) is 10.9 Å². The van der Waals surface area contributed by atoms with Crippen molar-refractivity contribution in [2.45, 2.75) is 6.92 Å². The van der Waals surface area contributed by atoms with Gasteiger partial charge in [0, 0.05) is 11.1 Å². The van der Waals surface area contributed by atoms with Crippen LogP contribution in [0.1, 0.15) is 5.69 Å². The number of para-hydroxylation sites is 1. The van der Waals surface area contributed by atoms with E-state index >= 15 is 0 Å². The predicted molar refractivity (Wildman–Crippen MR) is 51.5 cm³/mol. The van der Waals surface area contributed by atoms with E-state index in [-0.39, 0.29) is 6.15 Å². The molecule has 0 spiro atoms. The smallest absolute Gasteiger partial charge is 0.253 e. The van der Waals surface area contributed by atoms with Crippen molar-refractivity contribution in [2.24, 2.45) is 0 Å². The van der Waals surface area contributed by atoms with Crippen molar-refractivity contribution >= 4 is 17.1 Å². The van der Waals surface area contributed by atoms with Crippen LogP contribution >= 0.6 is 0 Å². The largest absolute Gasteiger partial charge is 0.373 e.